The van der Waals surface area contributed by atoms with Crippen LogP contribution >= 0.6 is 0 Å². The van der Waals surface area contributed by atoms with Gasteiger partial charge in [-0.2, -0.15) is 0 Å². The van der Waals surface area contributed by atoms with Crippen LogP contribution in [0.15, 0.2) is 42.5 Å². The predicted molar refractivity (Wildman–Crippen MR) is 127 cm³/mol. The molecule has 2 aromatic carbocycles. The molecule has 0 spiro atoms. The number of aromatic nitrogens is 4. The molecule has 164 valence electrons. The largest absolute Gasteiger partial charge is 0.343 e. The third-order valence-corrected chi connectivity index (χ3v) is 6.77. The number of nitrogens with two attached hydrogens (primary N) is 1. The maximum absolute atomic E-state index is 6.02. The smallest absolute Gasteiger partial charge is 0.124 e. The molecule has 2 atom stereocenters. The van der Waals surface area contributed by atoms with Crippen LogP contribution in [0.2, 0.25) is 0 Å². The van der Waals surface area contributed by atoms with Crippen LogP contribution in [-0.2, 0) is 6.54 Å². The number of hydrogen-bond donors (Lipinski definition) is 5. The highest BCUT2D eigenvalue weighted by molar-refractivity contribution is 5.82. The Balaban J connectivity index is 1.28. The van der Waals surface area contributed by atoms with Crippen molar-refractivity contribution in [1.82, 2.24) is 30.6 Å². The van der Waals surface area contributed by atoms with E-state index in [0.29, 0.717) is 18.6 Å². The van der Waals surface area contributed by atoms with Gasteiger partial charge in [-0.3, -0.25) is 0 Å². The lowest BCUT2D eigenvalue weighted by Crippen LogP contribution is -2.14. The van der Waals surface area contributed by atoms with Crippen molar-refractivity contribution < 1.29 is 0 Å². The van der Waals surface area contributed by atoms with E-state index in [1.807, 2.05) is 0 Å². The zero-order valence-corrected chi connectivity index (χ0v) is 18.1. The fraction of sp³-hybridized carbons (Fsp3) is 0.360. The highest BCUT2D eigenvalue weighted by Crippen LogP contribution is 2.31. The molecule has 2 saturated heterocycles. The van der Waals surface area contributed by atoms with Gasteiger partial charge in [0, 0.05) is 12.1 Å². The molecule has 0 saturated carbocycles. The van der Waals surface area contributed by atoms with Gasteiger partial charge < -0.3 is 26.3 Å². The van der Waals surface area contributed by atoms with E-state index < -0.39 is 0 Å². The summed E-state index contributed by atoms with van der Waals surface area (Å²) in [6, 6.07) is 15.7. The van der Waals surface area contributed by atoms with E-state index in [2.05, 4.69) is 63.1 Å². The summed E-state index contributed by atoms with van der Waals surface area (Å²) in [5, 5.41) is 7.02. The van der Waals surface area contributed by atoms with Crippen molar-refractivity contribution in [1.29, 1.82) is 0 Å². The molecule has 0 radical (unpaired) electrons. The lowest BCUT2D eigenvalue weighted by molar-refractivity contribution is 0.611. The SMILES string of the molecule is NCc1[nH]c([C@@H]2CCCN2)nc1-c1ccc(-c2ccc3nc([C@@H]4CCCN4)[nH]c3c2)cc1. The molecule has 7 nitrogen and oxygen atoms in total. The van der Waals surface area contributed by atoms with Crippen molar-refractivity contribution in [2.24, 2.45) is 5.73 Å². The van der Waals surface area contributed by atoms with E-state index in [4.69, 9.17) is 15.7 Å². The molecule has 0 aliphatic carbocycles. The Hall–Kier alpha value is -3.00. The summed E-state index contributed by atoms with van der Waals surface area (Å²) in [5.41, 5.74) is 13.5. The van der Waals surface area contributed by atoms with Crippen LogP contribution in [0.4, 0.5) is 0 Å². The molecule has 7 heteroatoms. The molecule has 6 N–H and O–H groups in total. The van der Waals surface area contributed by atoms with E-state index in [9.17, 15) is 0 Å². The zero-order valence-electron chi connectivity index (χ0n) is 18.1. The number of aromatic amines is 2. The highest BCUT2D eigenvalue weighted by Gasteiger charge is 2.22. The fourth-order valence-electron chi connectivity index (χ4n) is 5.01. The Kier molecular flexibility index (Phi) is 5.02. The first-order valence-corrected chi connectivity index (χ1v) is 11.6. The summed E-state index contributed by atoms with van der Waals surface area (Å²) in [7, 11) is 0. The molecule has 2 aromatic heterocycles. The van der Waals surface area contributed by atoms with Crippen molar-refractivity contribution in [2.45, 2.75) is 44.3 Å². The number of hydrogen-bond acceptors (Lipinski definition) is 5. The first-order valence-electron chi connectivity index (χ1n) is 11.6. The maximum Gasteiger partial charge on any atom is 0.124 e. The molecule has 2 aliphatic rings. The Morgan fingerprint density at radius 2 is 1.44 bits per heavy atom. The minimum atomic E-state index is 0.304. The van der Waals surface area contributed by atoms with Gasteiger partial charge in [-0.15, -0.1) is 0 Å². The monoisotopic (exact) mass is 427 g/mol. The zero-order chi connectivity index (χ0) is 21.5. The predicted octanol–water partition coefficient (Wildman–Crippen LogP) is 3.93. The van der Waals surface area contributed by atoms with Crippen LogP contribution in [0.1, 0.15) is 55.1 Å². The molecule has 0 bridgehead atoms. The second-order valence-corrected chi connectivity index (χ2v) is 8.88. The van der Waals surface area contributed by atoms with Crippen molar-refractivity contribution in [3.05, 3.63) is 59.8 Å². The third-order valence-electron chi connectivity index (χ3n) is 6.77. The van der Waals surface area contributed by atoms with Crippen LogP contribution in [0, 0.1) is 0 Å². The summed E-state index contributed by atoms with van der Waals surface area (Å²) in [4.78, 5) is 16.7. The van der Waals surface area contributed by atoms with Crippen LogP contribution < -0.4 is 16.4 Å². The second kappa shape index (κ2) is 8.16. The first kappa shape index (κ1) is 19.7. The van der Waals surface area contributed by atoms with E-state index in [1.54, 1.807) is 0 Å². The van der Waals surface area contributed by atoms with Gasteiger partial charge in [-0.05, 0) is 62.0 Å². The lowest BCUT2D eigenvalue weighted by atomic mass is 10.0. The van der Waals surface area contributed by atoms with Crippen molar-refractivity contribution in [3.8, 4) is 22.4 Å². The molecule has 32 heavy (non-hydrogen) atoms. The number of imidazole rings is 2. The standard InChI is InChI=1S/C25H29N7/c26-14-22-23(32-25(31-22)20-4-2-12-28-20)16-7-5-15(6-8-16)17-9-10-18-21(13-17)30-24(29-18)19-3-1-11-27-19/h5-10,13,19-20,27-28H,1-4,11-12,14,26H2,(H,29,30)(H,31,32)/t19-,20-/m0/s1. The van der Waals surface area contributed by atoms with E-state index in [0.717, 1.165) is 65.6 Å². The van der Waals surface area contributed by atoms with Gasteiger partial charge in [0.05, 0.1) is 34.5 Å². The lowest BCUT2D eigenvalue weighted by Gasteiger charge is -2.05. The quantitative estimate of drug-likeness (QED) is 0.332. The minimum Gasteiger partial charge on any atom is -0.343 e. The molecule has 4 heterocycles. The number of nitrogens with zero attached hydrogens (tertiary/aromatic N) is 2. The van der Waals surface area contributed by atoms with Gasteiger partial charge in [-0.1, -0.05) is 30.3 Å². The summed E-state index contributed by atoms with van der Waals surface area (Å²) in [6.07, 6.45) is 4.65. The molecule has 0 amide bonds. The normalized spacial score (nSPS) is 21.0. The summed E-state index contributed by atoms with van der Waals surface area (Å²) >= 11 is 0. The molecule has 4 aromatic rings. The van der Waals surface area contributed by atoms with Crippen molar-refractivity contribution >= 4 is 11.0 Å². The number of H-pyrrole nitrogens is 2. The van der Waals surface area contributed by atoms with Gasteiger partial charge in [-0.25, -0.2) is 9.97 Å². The van der Waals surface area contributed by atoms with E-state index in [-0.39, 0.29) is 0 Å². The fourth-order valence-corrected chi connectivity index (χ4v) is 5.01. The summed E-state index contributed by atoms with van der Waals surface area (Å²) < 4.78 is 0. The first-order chi connectivity index (χ1) is 15.8. The van der Waals surface area contributed by atoms with Crippen molar-refractivity contribution in [3.63, 3.8) is 0 Å². The minimum absolute atomic E-state index is 0.304. The molecule has 2 fully saturated rings. The molecule has 2 aliphatic heterocycles. The Morgan fingerprint density at radius 1 is 0.781 bits per heavy atom. The van der Waals surface area contributed by atoms with E-state index in [1.165, 1.54) is 24.0 Å². The maximum atomic E-state index is 6.02. The average Bonchev–Trinajstić information content (AvgIpc) is 3.63. The van der Waals surface area contributed by atoms with Crippen LogP contribution in [0.25, 0.3) is 33.4 Å². The Bertz CT molecular complexity index is 1230. The number of benzene rings is 2. The average molecular weight is 428 g/mol. The number of nitrogens with one attached hydrogen (secondary N) is 4. The van der Waals surface area contributed by atoms with E-state index >= 15 is 0 Å². The number of rotatable bonds is 5. The highest BCUT2D eigenvalue weighted by atomic mass is 15.1. The second-order valence-electron chi connectivity index (χ2n) is 8.88. The van der Waals surface area contributed by atoms with Crippen LogP contribution in [-0.4, -0.2) is 33.0 Å². The summed E-state index contributed by atoms with van der Waals surface area (Å²) in [5.74, 6) is 2.05. The van der Waals surface area contributed by atoms with Gasteiger partial charge in [0.25, 0.3) is 0 Å². The van der Waals surface area contributed by atoms with Crippen molar-refractivity contribution in [2.75, 3.05) is 13.1 Å². The van der Waals surface area contributed by atoms with Gasteiger partial charge >= 0.3 is 0 Å². The molecular weight excluding hydrogens is 398 g/mol. The number of fused-ring (bicyclic) bond motifs is 1. The molecule has 6 rings (SSSR count). The Morgan fingerprint density at radius 3 is 2.09 bits per heavy atom. The van der Waals surface area contributed by atoms with Crippen LogP contribution in [0.3, 0.4) is 0 Å². The Labute approximate surface area is 187 Å². The molecule has 0 unspecified atom stereocenters. The van der Waals surface area contributed by atoms with Gasteiger partial charge in [0.2, 0.25) is 0 Å². The topological polar surface area (TPSA) is 107 Å². The van der Waals surface area contributed by atoms with Gasteiger partial charge in [0.15, 0.2) is 0 Å². The summed E-state index contributed by atoms with van der Waals surface area (Å²) in [6.45, 7) is 2.57. The molecular formula is C25H29N7. The third kappa shape index (κ3) is 3.52. The van der Waals surface area contributed by atoms with Gasteiger partial charge in [0.1, 0.15) is 11.6 Å². The van der Waals surface area contributed by atoms with Crippen LogP contribution in [0.5, 0.6) is 0 Å².